The summed E-state index contributed by atoms with van der Waals surface area (Å²) in [5.74, 6) is 0.369. The summed E-state index contributed by atoms with van der Waals surface area (Å²) in [6.45, 7) is 8.16. The van der Waals surface area contributed by atoms with Crippen molar-refractivity contribution in [2.75, 3.05) is 5.32 Å². The highest BCUT2D eigenvalue weighted by molar-refractivity contribution is 7.16. The Hall–Kier alpha value is -1.26. The third kappa shape index (κ3) is 3.07. The first-order chi connectivity index (χ1) is 9.31. The molecule has 1 aromatic heterocycles. The van der Waals surface area contributed by atoms with Gasteiger partial charge >= 0.3 is 0 Å². The SMILES string of the molecule is CC(C)c1sc(NC(C)(C)c2ccccc2Cl)nc1O. The highest BCUT2D eigenvalue weighted by Crippen LogP contribution is 2.37. The largest absolute Gasteiger partial charge is 0.492 e. The summed E-state index contributed by atoms with van der Waals surface area (Å²) < 4.78 is 0. The number of hydrogen-bond acceptors (Lipinski definition) is 4. The predicted molar refractivity (Wildman–Crippen MR) is 86.0 cm³/mol. The van der Waals surface area contributed by atoms with Crippen molar-refractivity contribution in [1.29, 1.82) is 0 Å². The Morgan fingerprint density at radius 2 is 1.95 bits per heavy atom. The number of aromatic hydroxyl groups is 1. The highest BCUT2D eigenvalue weighted by Gasteiger charge is 2.25. The van der Waals surface area contributed by atoms with Gasteiger partial charge in [0.1, 0.15) is 0 Å². The summed E-state index contributed by atoms with van der Waals surface area (Å²) in [6.07, 6.45) is 0. The minimum absolute atomic E-state index is 0.113. The summed E-state index contributed by atoms with van der Waals surface area (Å²) in [5, 5.41) is 14.6. The fourth-order valence-corrected chi connectivity index (χ4v) is 3.45. The number of rotatable bonds is 4. The van der Waals surface area contributed by atoms with Gasteiger partial charge in [0, 0.05) is 5.02 Å². The third-order valence-corrected chi connectivity index (χ3v) is 4.72. The van der Waals surface area contributed by atoms with E-state index in [2.05, 4.69) is 10.3 Å². The molecule has 3 nitrogen and oxygen atoms in total. The molecule has 1 aromatic carbocycles. The van der Waals surface area contributed by atoms with Crippen LogP contribution in [0.15, 0.2) is 24.3 Å². The Morgan fingerprint density at radius 1 is 1.30 bits per heavy atom. The minimum Gasteiger partial charge on any atom is -0.492 e. The van der Waals surface area contributed by atoms with E-state index in [0.717, 1.165) is 15.5 Å². The molecule has 0 atom stereocenters. The molecule has 0 aliphatic carbocycles. The van der Waals surface area contributed by atoms with Gasteiger partial charge in [-0.1, -0.05) is 55.0 Å². The van der Waals surface area contributed by atoms with Gasteiger partial charge in [-0.25, -0.2) is 0 Å². The van der Waals surface area contributed by atoms with Gasteiger partial charge in [0.15, 0.2) is 5.13 Å². The van der Waals surface area contributed by atoms with E-state index < -0.39 is 0 Å². The molecule has 20 heavy (non-hydrogen) atoms. The van der Waals surface area contributed by atoms with Crippen LogP contribution in [0.2, 0.25) is 5.02 Å². The molecule has 2 aromatic rings. The van der Waals surface area contributed by atoms with Gasteiger partial charge in [0.2, 0.25) is 5.88 Å². The number of anilines is 1. The van der Waals surface area contributed by atoms with E-state index in [-0.39, 0.29) is 17.3 Å². The summed E-state index contributed by atoms with van der Waals surface area (Å²) >= 11 is 7.74. The van der Waals surface area contributed by atoms with Crippen molar-refractivity contribution >= 4 is 28.1 Å². The number of halogens is 1. The molecule has 0 spiro atoms. The zero-order chi connectivity index (χ0) is 14.9. The lowest BCUT2D eigenvalue weighted by Gasteiger charge is -2.27. The molecule has 108 valence electrons. The number of nitrogens with one attached hydrogen (secondary N) is 1. The topological polar surface area (TPSA) is 45.2 Å². The molecule has 5 heteroatoms. The van der Waals surface area contributed by atoms with Crippen LogP contribution < -0.4 is 5.32 Å². The molecule has 0 fully saturated rings. The Bertz CT molecular complexity index is 608. The summed E-state index contributed by atoms with van der Waals surface area (Å²) in [7, 11) is 0. The van der Waals surface area contributed by atoms with Crippen LogP contribution in [0.1, 0.15) is 44.1 Å². The molecule has 0 bridgehead atoms. The van der Waals surface area contributed by atoms with Crippen molar-refractivity contribution in [2.45, 2.75) is 39.2 Å². The number of aromatic nitrogens is 1. The second kappa shape index (κ2) is 5.62. The first-order valence-corrected chi connectivity index (χ1v) is 7.73. The van der Waals surface area contributed by atoms with Crippen LogP contribution in [0.25, 0.3) is 0 Å². The fourth-order valence-electron chi connectivity index (χ4n) is 2.06. The van der Waals surface area contributed by atoms with E-state index >= 15 is 0 Å². The average molecular weight is 311 g/mol. The first-order valence-electron chi connectivity index (χ1n) is 6.54. The zero-order valence-electron chi connectivity index (χ0n) is 12.1. The second-order valence-electron chi connectivity index (χ2n) is 5.59. The molecular formula is C15H19ClN2OS. The van der Waals surface area contributed by atoms with Crippen molar-refractivity contribution in [3.63, 3.8) is 0 Å². The van der Waals surface area contributed by atoms with Gasteiger partial charge in [-0.15, -0.1) is 0 Å². The smallest absolute Gasteiger partial charge is 0.227 e. The Morgan fingerprint density at radius 3 is 2.50 bits per heavy atom. The van der Waals surface area contributed by atoms with E-state index in [1.807, 2.05) is 52.0 Å². The van der Waals surface area contributed by atoms with Crippen molar-refractivity contribution in [3.05, 3.63) is 39.7 Å². The quantitative estimate of drug-likeness (QED) is 0.837. The van der Waals surface area contributed by atoms with Crippen LogP contribution in [-0.2, 0) is 5.54 Å². The van der Waals surface area contributed by atoms with Crippen molar-refractivity contribution in [3.8, 4) is 5.88 Å². The standard InChI is InChI=1S/C15H19ClN2OS/c1-9(2)12-13(19)17-14(20-12)18-15(3,4)10-7-5-6-8-11(10)16/h5-9,19H,1-4H3,(H,17,18). The molecule has 0 radical (unpaired) electrons. The monoisotopic (exact) mass is 310 g/mol. The predicted octanol–water partition coefficient (Wildman–Crippen LogP) is 4.97. The van der Waals surface area contributed by atoms with Crippen LogP contribution in [0, 0.1) is 0 Å². The van der Waals surface area contributed by atoms with Gasteiger partial charge in [-0.3, -0.25) is 0 Å². The lowest BCUT2D eigenvalue weighted by atomic mass is 9.94. The molecule has 0 aliphatic rings. The van der Waals surface area contributed by atoms with E-state index in [1.54, 1.807) is 0 Å². The van der Waals surface area contributed by atoms with E-state index in [4.69, 9.17) is 11.6 Å². The summed E-state index contributed by atoms with van der Waals surface area (Å²) in [4.78, 5) is 5.08. The fraction of sp³-hybridized carbons (Fsp3) is 0.400. The highest BCUT2D eigenvalue weighted by atomic mass is 35.5. The van der Waals surface area contributed by atoms with Crippen molar-refractivity contribution < 1.29 is 5.11 Å². The molecule has 2 N–H and O–H groups in total. The Balaban J connectivity index is 2.29. The van der Waals surface area contributed by atoms with E-state index in [0.29, 0.717) is 5.13 Å². The number of hydrogen-bond donors (Lipinski definition) is 2. The maximum absolute atomic E-state index is 9.86. The van der Waals surface area contributed by atoms with Gasteiger partial charge in [-0.05, 0) is 31.4 Å². The normalized spacial score (nSPS) is 11.9. The van der Waals surface area contributed by atoms with Crippen LogP contribution in [-0.4, -0.2) is 10.1 Å². The molecule has 0 unspecified atom stereocenters. The van der Waals surface area contributed by atoms with E-state index in [1.165, 1.54) is 11.3 Å². The molecule has 2 rings (SSSR count). The Labute approximate surface area is 128 Å². The van der Waals surface area contributed by atoms with Crippen molar-refractivity contribution in [2.24, 2.45) is 0 Å². The lowest BCUT2D eigenvalue weighted by Crippen LogP contribution is -2.28. The molecular weight excluding hydrogens is 292 g/mol. The van der Waals surface area contributed by atoms with Crippen LogP contribution in [0.3, 0.4) is 0 Å². The van der Waals surface area contributed by atoms with Crippen molar-refractivity contribution in [1.82, 2.24) is 4.98 Å². The molecule has 0 saturated carbocycles. The third-order valence-electron chi connectivity index (χ3n) is 3.13. The first kappa shape index (κ1) is 15.1. The summed E-state index contributed by atoms with van der Waals surface area (Å²) in [5.41, 5.74) is 0.638. The number of nitrogens with zero attached hydrogens (tertiary/aromatic N) is 1. The summed E-state index contributed by atoms with van der Waals surface area (Å²) in [6, 6.07) is 7.74. The zero-order valence-corrected chi connectivity index (χ0v) is 13.6. The molecule has 0 aliphatic heterocycles. The molecule has 1 heterocycles. The maximum Gasteiger partial charge on any atom is 0.227 e. The second-order valence-corrected chi connectivity index (χ2v) is 7.03. The van der Waals surface area contributed by atoms with Gasteiger partial charge in [0.05, 0.1) is 10.4 Å². The number of benzene rings is 1. The molecule has 0 amide bonds. The minimum atomic E-state index is -0.364. The van der Waals surface area contributed by atoms with Crippen LogP contribution in [0.4, 0.5) is 5.13 Å². The maximum atomic E-state index is 9.86. The molecule has 0 saturated heterocycles. The average Bonchev–Trinajstić information content (AvgIpc) is 2.69. The Kier molecular flexibility index (Phi) is 4.25. The van der Waals surface area contributed by atoms with Gasteiger partial charge < -0.3 is 10.4 Å². The van der Waals surface area contributed by atoms with Gasteiger partial charge in [-0.2, -0.15) is 4.98 Å². The number of thiazole rings is 1. The lowest BCUT2D eigenvalue weighted by molar-refractivity contribution is 0.448. The van der Waals surface area contributed by atoms with Gasteiger partial charge in [0.25, 0.3) is 0 Å². The van der Waals surface area contributed by atoms with Crippen LogP contribution >= 0.6 is 22.9 Å². The van der Waals surface area contributed by atoms with E-state index in [9.17, 15) is 5.11 Å². The van der Waals surface area contributed by atoms with Crippen LogP contribution in [0.5, 0.6) is 5.88 Å².